The smallest absolute Gasteiger partial charge is 0.250 e. The SMILES string of the molecule is CN1CCN(c2cccc3cc[c]c(C(N)=O)c23)CC1. The van der Waals surface area contributed by atoms with Gasteiger partial charge in [0.1, 0.15) is 0 Å². The Kier molecular flexibility index (Phi) is 3.32. The van der Waals surface area contributed by atoms with Crippen LogP contribution in [0.15, 0.2) is 30.3 Å². The van der Waals surface area contributed by atoms with E-state index in [-0.39, 0.29) is 0 Å². The number of hydrogen-bond acceptors (Lipinski definition) is 3. The molecule has 2 aromatic carbocycles. The van der Waals surface area contributed by atoms with Gasteiger partial charge in [0, 0.05) is 37.3 Å². The Morgan fingerprint density at radius 2 is 1.95 bits per heavy atom. The van der Waals surface area contributed by atoms with Gasteiger partial charge in [-0.3, -0.25) is 4.79 Å². The first-order valence-electron chi connectivity index (χ1n) is 6.83. The van der Waals surface area contributed by atoms with Crippen molar-refractivity contribution in [2.24, 2.45) is 5.73 Å². The monoisotopic (exact) mass is 268 g/mol. The number of anilines is 1. The van der Waals surface area contributed by atoms with Crippen LogP contribution in [0.5, 0.6) is 0 Å². The third-order valence-electron chi connectivity index (χ3n) is 3.91. The van der Waals surface area contributed by atoms with Gasteiger partial charge in [-0.05, 0) is 24.6 Å². The van der Waals surface area contributed by atoms with E-state index in [0.29, 0.717) is 5.56 Å². The molecule has 1 saturated heterocycles. The summed E-state index contributed by atoms with van der Waals surface area (Å²) in [6.45, 7) is 3.98. The van der Waals surface area contributed by atoms with Gasteiger partial charge in [-0.25, -0.2) is 0 Å². The van der Waals surface area contributed by atoms with Crippen molar-refractivity contribution in [3.63, 3.8) is 0 Å². The van der Waals surface area contributed by atoms with Crippen molar-refractivity contribution in [3.05, 3.63) is 42.0 Å². The molecule has 2 N–H and O–H groups in total. The highest BCUT2D eigenvalue weighted by Crippen LogP contribution is 2.30. The molecule has 103 valence electrons. The third kappa shape index (κ3) is 2.23. The maximum atomic E-state index is 11.7. The Bertz CT molecular complexity index is 640. The first-order valence-corrected chi connectivity index (χ1v) is 6.83. The summed E-state index contributed by atoms with van der Waals surface area (Å²) in [6.07, 6.45) is 0. The van der Waals surface area contributed by atoms with E-state index in [1.807, 2.05) is 18.2 Å². The highest BCUT2D eigenvalue weighted by atomic mass is 16.1. The zero-order valence-corrected chi connectivity index (χ0v) is 11.6. The van der Waals surface area contributed by atoms with Crippen molar-refractivity contribution in [2.45, 2.75) is 0 Å². The standard InChI is InChI=1S/C16H18N3O/c1-18-8-10-19(11-9-18)14-7-3-5-12-4-2-6-13(15(12)14)16(17)20/h2-5,7H,8-11H2,1H3,(H2,17,20). The van der Waals surface area contributed by atoms with Gasteiger partial charge in [-0.15, -0.1) is 0 Å². The molecule has 1 heterocycles. The topological polar surface area (TPSA) is 49.6 Å². The summed E-state index contributed by atoms with van der Waals surface area (Å²) in [5.41, 5.74) is 7.07. The van der Waals surface area contributed by atoms with E-state index in [1.54, 1.807) is 6.07 Å². The first-order chi connectivity index (χ1) is 9.66. The van der Waals surface area contributed by atoms with Gasteiger partial charge in [0.2, 0.25) is 5.91 Å². The maximum Gasteiger partial charge on any atom is 0.250 e. The number of primary amides is 1. The zero-order valence-electron chi connectivity index (χ0n) is 11.6. The van der Waals surface area contributed by atoms with E-state index < -0.39 is 5.91 Å². The zero-order chi connectivity index (χ0) is 14.1. The Balaban J connectivity index is 2.13. The number of carbonyl (C=O) groups is 1. The normalized spacial score (nSPS) is 16.6. The third-order valence-corrected chi connectivity index (χ3v) is 3.91. The fraction of sp³-hybridized carbons (Fsp3) is 0.312. The summed E-state index contributed by atoms with van der Waals surface area (Å²) in [7, 11) is 2.13. The molecule has 3 rings (SSSR count). The second kappa shape index (κ2) is 5.13. The van der Waals surface area contributed by atoms with E-state index in [4.69, 9.17) is 5.73 Å². The van der Waals surface area contributed by atoms with Gasteiger partial charge >= 0.3 is 0 Å². The van der Waals surface area contributed by atoms with E-state index in [0.717, 1.165) is 42.6 Å². The largest absolute Gasteiger partial charge is 0.368 e. The minimum atomic E-state index is -0.419. The van der Waals surface area contributed by atoms with Crippen LogP contribution in [-0.2, 0) is 0 Å². The van der Waals surface area contributed by atoms with Crippen LogP contribution >= 0.6 is 0 Å². The summed E-state index contributed by atoms with van der Waals surface area (Å²) < 4.78 is 0. The molecule has 1 aliphatic rings. The Morgan fingerprint density at radius 3 is 2.65 bits per heavy atom. The summed E-state index contributed by atoms with van der Waals surface area (Å²) >= 11 is 0. The molecule has 1 radical (unpaired) electrons. The molecule has 0 bridgehead atoms. The molecule has 1 fully saturated rings. The molecule has 0 saturated carbocycles. The lowest BCUT2D eigenvalue weighted by Gasteiger charge is -2.35. The minimum absolute atomic E-state index is 0.419. The number of likely N-dealkylation sites (N-methyl/N-ethyl adjacent to an activating group) is 1. The number of nitrogens with two attached hydrogens (primary N) is 1. The number of benzene rings is 2. The van der Waals surface area contributed by atoms with Crippen molar-refractivity contribution in [2.75, 3.05) is 38.1 Å². The second-order valence-electron chi connectivity index (χ2n) is 5.25. The van der Waals surface area contributed by atoms with Gasteiger partial charge in [0.05, 0.1) is 5.56 Å². The van der Waals surface area contributed by atoms with Crippen molar-refractivity contribution >= 4 is 22.4 Å². The average Bonchev–Trinajstić information content (AvgIpc) is 2.47. The summed E-state index contributed by atoms with van der Waals surface area (Å²) in [6, 6.07) is 12.8. The predicted molar refractivity (Wildman–Crippen MR) is 81.0 cm³/mol. The predicted octanol–water partition coefficient (Wildman–Crippen LogP) is 1.49. The molecule has 1 aliphatic heterocycles. The van der Waals surface area contributed by atoms with Gasteiger partial charge in [0.15, 0.2) is 0 Å². The van der Waals surface area contributed by atoms with E-state index in [1.165, 1.54) is 0 Å². The van der Waals surface area contributed by atoms with Crippen LogP contribution in [-0.4, -0.2) is 44.0 Å². The fourth-order valence-corrected chi connectivity index (χ4v) is 2.76. The van der Waals surface area contributed by atoms with Crippen molar-refractivity contribution in [1.82, 2.24) is 4.90 Å². The van der Waals surface area contributed by atoms with Crippen LogP contribution in [0.2, 0.25) is 0 Å². The summed E-state index contributed by atoms with van der Waals surface area (Å²) in [5, 5.41) is 1.96. The van der Waals surface area contributed by atoms with Crippen LogP contribution < -0.4 is 10.6 Å². The number of fused-ring (bicyclic) bond motifs is 1. The number of nitrogens with zero attached hydrogens (tertiary/aromatic N) is 2. The molecule has 0 aliphatic carbocycles. The molecule has 0 atom stereocenters. The van der Waals surface area contributed by atoms with Crippen LogP contribution in [0.4, 0.5) is 5.69 Å². The number of piperazine rings is 1. The molecule has 1 amide bonds. The quantitative estimate of drug-likeness (QED) is 0.897. The summed E-state index contributed by atoms with van der Waals surface area (Å²) in [4.78, 5) is 16.3. The van der Waals surface area contributed by atoms with E-state index in [9.17, 15) is 4.79 Å². The first kappa shape index (κ1) is 12.9. The van der Waals surface area contributed by atoms with Gasteiger partial charge < -0.3 is 15.5 Å². The maximum absolute atomic E-state index is 11.7. The molecule has 0 unspecified atom stereocenters. The fourth-order valence-electron chi connectivity index (χ4n) is 2.76. The van der Waals surface area contributed by atoms with Crippen LogP contribution in [0.1, 0.15) is 10.4 Å². The number of carbonyl (C=O) groups excluding carboxylic acids is 1. The molecule has 20 heavy (non-hydrogen) atoms. The highest BCUT2D eigenvalue weighted by Gasteiger charge is 2.18. The molecular formula is C16H18N3O. The van der Waals surface area contributed by atoms with Crippen molar-refractivity contribution < 1.29 is 4.79 Å². The second-order valence-corrected chi connectivity index (χ2v) is 5.25. The molecule has 2 aromatic rings. The van der Waals surface area contributed by atoms with E-state index in [2.05, 4.69) is 29.0 Å². The van der Waals surface area contributed by atoms with Gasteiger partial charge in [-0.1, -0.05) is 24.3 Å². The lowest BCUT2D eigenvalue weighted by Crippen LogP contribution is -2.44. The Labute approximate surface area is 118 Å². The molecule has 0 spiro atoms. The molecule has 0 aromatic heterocycles. The van der Waals surface area contributed by atoms with Crippen LogP contribution in [0.25, 0.3) is 10.8 Å². The number of amides is 1. The van der Waals surface area contributed by atoms with Crippen LogP contribution in [0, 0.1) is 6.07 Å². The Hall–Kier alpha value is -2.07. The molecular weight excluding hydrogens is 250 g/mol. The molecule has 4 nitrogen and oxygen atoms in total. The van der Waals surface area contributed by atoms with Gasteiger partial charge in [0.25, 0.3) is 0 Å². The highest BCUT2D eigenvalue weighted by molar-refractivity contribution is 6.11. The number of hydrogen-bond donors (Lipinski definition) is 1. The van der Waals surface area contributed by atoms with Crippen molar-refractivity contribution in [1.29, 1.82) is 0 Å². The van der Waals surface area contributed by atoms with Gasteiger partial charge in [-0.2, -0.15) is 0 Å². The lowest BCUT2D eigenvalue weighted by molar-refractivity contribution is 0.100. The minimum Gasteiger partial charge on any atom is -0.368 e. The van der Waals surface area contributed by atoms with E-state index >= 15 is 0 Å². The lowest BCUT2D eigenvalue weighted by atomic mass is 10.0. The van der Waals surface area contributed by atoms with Crippen molar-refractivity contribution in [3.8, 4) is 0 Å². The molecule has 4 heteroatoms. The van der Waals surface area contributed by atoms with Crippen LogP contribution in [0.3, 0.4) is 0 Å². The average molecular weight is 268 g/mol. The summed E-state index contributed by atoms with van der Waals surface area (Å²) in [5.74, 6) is -0.419. The Morgan fingerprint density at radius 1 is 1.20 bits per heavy atom. The number of rotatable bonds is 2.